The van der Waals surface area contributed by atoms with Crippen LogP contribution in [-0.2, 0) is 12.8 Å². The quantitative estimate of drug-likeness (QED) is 0.921. The fraction of sp³-hybridized carbons (Fsp3) is 0.375. The highest BCUT2D eigenvalue weighted by Gasteiger charge is 2.17. The van der Waals surface area contributed by atoms with Crippen molar-refractivity contribution in [1.82, 2.24) is 0 Å². The van der Waals surface area contributed by atoms with Gasteiger partial charge in [0.1, 0.15) is 5.75 Å². The highest BCUT2D eigenvalue weighted by atomic mass is 32.1. The van der Waals surface area contributed by atoms with Crippen molar-refractivity contribution in [3.63, 3.8) is 0 Å². The monoisotopic (exact) mass is 273 g/mol. The molecule has 0 amide bonds. The molecular weight excluding hydrogens is 254 g/mol. The summed E-state index contributed by atoms with van der Waals surface area (Å²) in [7, 11) is 0. The molecule has 0 fully saturated rings. The van der Waals surface area contributed by atoms with Crippen LogP contribution in [0.4, 0.5) is 0 Å². The van der Waals surface area contributed by atoms with Gasteiger partial charge in [0.15, 0.2) is 0 Å². The summed E-state index contributed by atoms with van der Waals surface area (Å²) < 4.78 is 5.84. The molecule has 1 aromatic carbocycles. The smallest absolute Gasteiger partial charge is 0.119 e. The van der Waals surface area contributed by atoms with Crippen LogP contribution in [0.3, 0.4) is 0 Å². The average Bonchev–Trinajstić information content (AvgIpc) is 2.93. The first-order chi connectivity index (χ1) is 9.33. The molecule has 19 heavy (non-hydrogen) atoms. The molecule has 1 heterocycles. The summed E-state index contributed by atoms with van der Waals surface area (Å²) >= 11 is 1.78. The number of aryl methyl sites for hydroxylation is 1. The summed E-state index contributed by atoms with van der Waals surface area (Å²) in [4.78, 5) is 1.37. The molecule has 0 saturated heterocycles. The third kappa shape index (κ3) is 2.99. The van der Waals surface area contributed by atoms with Gasteiger partial charge >= 0.3 is 0 Å². The van der Waals surface area contributed by atoms with E-state index >= 15 is 0 Å². The van der Waals surface area contributed by atoms with Gasteiger partial charge in [0.2, 0.25) is 0 Å². The van der Waals surface area contributed by atoms with Gasteiger partial charge in [0.05, 0.1) is 6.61 Å². The molecule has 3 rings (SSSR count). The van der Waals surface area contributed by atoms with Crippen LogP contribution in [-0.4, -0.2) is 6.61 Å². The first kappa shape index (κ1) is 12.7. The molecule has 2 aromatic rings. The van der Waals surface area contributed by atoms with Crippen LogP contribution in [0.25, 0.3) is 0 Å². The zero-order valence-corrected chi connectivity index (χ0v) is 11.8. The van der Waals surface area contributed by atoms with E-state index < -0.39 is 0 Å². The van der Waals surface area contributed by atoms with E-state index in [-0.39, 0.29) is 6.04 Å². The fourth-order valence-electron chi connectivity index (χ4n) is 2.63. The van der Waals surface area contributed by atoms with Crippen molar-refractivity contribution in [3.8, 4) is 5.75 Å². The van der Waals surface area contributed by atoms with E-state index in [4.69, 9.17) is 10.5 Å². The molecule has 3 heteroatoms. The topological polar surface area (TPSA) is 35.2 Å². The number of nitrogens with two attached hydrogens (primary N) is 1. The lowest BCUT2D eigenvalue weighted by Crippen LogP contribution is -2.17. The van der Waals surface area contributed by atoms with Crippen LogP contribution in [0.1, 0.15) is 34.9 Å². The van der Waals surface area contributed by atoms with Crippen molar-refractivity contribution in [2.24, 2.45) is 5.73 Å². The standard InChI is InChI=1S/C16H19NOS/c17-16-5-1-3-12-6-7-13(11-15(12)16)18-9-8-14-4-2-10-19-14/h2,4,6-7,10-11,16H,1,3,5,8-9,17H2/t16-/m0/s1. The Balaban J connectivity index is 1.63. The lowest BCUT2D eigenvalue weighted by atomic mass is 9.88. The number of fused-ring (bicyclic) bond motifs is 1. The van der Waals surface area contributed by atoms with E-state index in [1.54, 1.807) is 11.3 Å². The van der Waals surface area contributed by atoms with Crippen molar-refractivity contribution in [2.45, 2.75) is 31.7 Å². The average molecular weight is 273 g/mol. The number of thiophene rings is 1. The van der Waals surface area contributed by atoms with E-state index in [1.807, 2.05) is 0 Å². The third-order valence-corrected chi connectivity index (χ3v) is 4.61. The number of ether oxygens (including phenoxy) is 1. The molecule has 100 valence electrons. The Hall–Kier alpha value is -1.32. The minimum absolute atomic E-state index is 0.185. The SMILES string of the molecule is N[C@H]1CCCc2ccc(OCCc3cccs3)cc21. The molecule has 0 saturated carbocycles. The normalized spacial score (nSPS) is 18.1. The maximum Gasteiger partial charge on any atom is 0.119 e. The lowest BCUT2D eigenvalue weighted by Gasteiger charge is -2.22. The van der Waals surface area contributed by atoms with Crippen LogP contribution in [0.15, 0.2) is 35.7 Å². The second-order valence-electron chi connectivity index (χ2n) is 5.04. The van der Waals surface area contributed by atoms with Crippen LogP contribution in [0.2, 0.25) is 0 Å². The van der Waals surface area contributed by atoms with Crippen molar-refractivity contribution < 1.29 is 4.74 Å². The molecular formula is C16H19NOS. The summed E-state index contributed by atoms with van der Waals surface area (Å²) in [6.45, 7) is 0.731. The van der Waals surface area contributed by atoms with Crippen molar-refractivity contribution >= 4 is 11.3 Å². The first-order valence-corrected chi connectivity index (χ1v) is 7.74. The Morgan fingerprint density at radius 1 is 1.32 bits per heavy atom. The summed E-state index contributed by atoms with van der Waals surface area (Å²) in [5, 5.41) is 2.10. The fourth-order valence-corrected chi connectivity index (χ4v) is 3.32. The molecule has 2 N–H and O–H groups in total. The third-order valence-electron chi connectivity index (χ3n) is 3.68. The molecule has 0 spiro atoms. The molecule has 2 nitrogen and oxygen atoms in total. The van der Waals surface area contributed by atoms with Gasteiger partial charge in [-0.2, -0.15) is 0 Å². The van der Waals surface area contributed by atoms with Crippen LogP contribution < -0.4 is 10.5 Å². The Labute approximate surface area is 118 Å². The largest absolute Gasteiger partial charge is 0.493 e. The number of hydrogen-bond acceptors (Lipinski definition) is 3. The summed E-state index contributed by atoms with van der Waals surface area (Å²) in [5.74, 6) is 0.952. The summed E-state index contributed by atoms with van der Waals surface area (Å²) in [6, 6.07) is 10.8. The van der Waals surface area contributed by atoms with Crippen LogP contribution in [0, 0.1) is 0 Å². The molecule has 0 radical (unpaired) electrons. The van der Waals surface area contributed by atoms with Crippen molar-refractivity contribution in [2.75, 3.05) is 6.61 Å². The molecule has 1 aliphatic carbocycles. The Bertz CT molecular complexity index is 536. The first-order valence-electron chi connectivity index (χ1n) is 6.86. The van der Waals surface area contributed by atoms with Gasteiger partial charge in [-0.3, -0.25) is 0 Å². The van der Waals surface area contributed by atoms with Gasteiger partial charge in [-0.25, -0.2) is 0 Å². The van der Waals surface area contributed by atoms with Gasteiger partial charge in [0.25, 0.3) is 0 Å². The van der Waals surface area contributed by atoms with E-state index in [9.17, 15) is 0 Å². The molecule has 1 aromatic heterocycles. The van der Waals surface area contributed by atoms with E-state index in [0.29, 0.717) is 0 Å². The predicted molar refractivity (Wildman–Crippen MR) is 79.8 cm³/mol. The van der Waals surface area contributed by atoms with Gasteiger partial charge in [-0.05, 0) is 54.0 Å². The Kier molecular flexibility index (Phi) is 3.85. The van der Waals surface area contributed by atoms with E-state index in [2.05, 4.69) is 35.7 Å². The van der Waals surface area contributed by atoms with Gasteiger partial charge < -0.3 is 10.5 Å². The summed E-state index contributed by atoms with van der Waals surface area (Å²) in [6.07, 6.45) is 4.41. The van der Waals surface area contributed by atoms with Crippen molar-refractivity contribution in [3.05, 3.63) is 51.7 Å². The van der Waals surface area contributed by atoms with E-state index in [0.717, 1.165) is 31.6 Å². The molecule has 0 bridgehead atoms. The van der Waals surface area contributed by atoms with Gasteiger partial charge in [-0.15, -0.1) is 11.3 Å². The highest BCUT2D eigenvalue weighted by molar-refractivity contribution is 7.09. The minimum Gasteiger partial charge on any atom is -0.493 e. The maximum atomic E-state index is 6.17. The predicted octanol–water partition coefficient (Wildman–Crippen LogP) is 3.71. The zero-order chi connectivity index (χ0) is 13.1. The van der Waals surface area contributed by atoms with Crippen LogP contribution >= 0.6 is 11.3 Å². The Morgan fingerprint density at radius 2 is 2.26 bits per heavy atom. The van der Waals surface area contributed by atoms with E-state index in [1.165, 1.54) is 22.4 Å². The minimum atomic E-state index is 0.185. The van der Waals surface area contributed by atoms with Gasteiger partial charge in [-0.1, -0.05) is 12.1 Å². The molecule has 1 aliphatic rings. The molecule has 1 atom stereocenters. The number of hydrogen-bond donors (Lipinski definition) is 1. The molecule has 0 aliphatic heterocycles. The Morgan fingerprint density at radius 3 is 3.11 bits per heavy atom. The lowest BCUT2D eigenvalue weighted by molar-refractivity contribution is 0.322. The zero-order valence-electron chi connectivity index (χ0n) is 11.0. The molecule has 0 unspecified atom stereocenters. The van der Waals surface area contributed by atoms with Gasteiger partial charge in [0, 0.05) is 17.3 Å². The van der Waals surface area contributed by atoms with Crippen molar-refractivity contribution in [1.29, 1.82) is 0 Å². The second kappa shape index (κ2) is 5.76. The second-order valence-corrected chi connectivity index (χ2v) is 6.07. The number of benzene rings is 1. The highest BCUT2D eigenvalue weighted by Crippen LogP contribution is 2.30. The summed E-state index contributed by atoms with van der Waals surface area (Å²) in [5.41, 5.74) is 8.84. The maximum absolute atomic E-state index is 6.17. The number of rotatable bonds is 4. The van der Waals surface area contributed by atoms with Crippen LogP contribution in [0.5, 0.6) is 5.75 Å².